The van der Waals surface area contributed by atoms with Gasteiger partial charge in [0, 0.05) is 54.7 Å². The zero-order valence-corrected chi connectivity index (χ0v) is 20.9. The van der Waals surface area contributed by atoms with Crippen LogP contribution in [0.5, 0.6) is 0 Å². The number of aromatic nitrogens is 5. The van der Waals surface area contributed by atoms with E-state index in [0.29, 0.717) is 17.7 Å². The van der Waals surface area contributed by atoms with E-state index >= 15 is 0 Å². The van der Waals surface area contributed by atoms with Crippen LogP contribution in [0.15, 0.2) is 21.7 Å². The predicted octanol–water partition coefficient (Wildman–Crippen LogP) is 5.16. The number of fused-ring (bicyclic) bond motifs is 2. The van der Waals surface area contributed by atoms with Crippen molar-refractivity contribution in [3.8, 4) is 21.9 Å². The van der Waals surface area contributed by atoms with Crippen LogP contribution in [-0.4, -0.2) is 51.2 Å². The van der Waals surface area contributed by atoms with Crippen molar-refractivity contribution in [2.45, 2.75) is 43.9 Å². The smallest absolute Gasteiger partial charge is 0.250 e. The highest BCUT2D eigenvalue weighted by Gasteiger charge is 2.29. The first kappa shape index (κ1) is 21.9. The molecule has 4 aromatic rings. The summed E-state index contributed by atoms with van der Waals surface area (Å²) in [6.07, 6.45) is 6.79. The third kappa shape index (κ3) is 3.97. The van der Waals surface area contributed by atoms with Gasteiger partial charge in [0.25, 0.3) is 0 Å². The lowest BCUT2D eigenvalue weighted by Crippen LogP contribution is -2.16. The van der Waals surface area contributed by atoms with Crippen LogP contribution >= 0.6 is 23.1 Å². The SMILES string of the molecule is CNc1ncnc2cc(-c3c4c(nc(CCC5CCOCC5)c3-c3nnc(C)o3)CCS4)sc12. The second-order valence-corrected chi connectivity index (χ2v) is 10.9. The minimum atomic E-state index is 0.551. The molecule has 2 aliphatic rings. The Morgan fingerprint density at radius 3 is 2.82 bits per heavy atom. The van der Waals surface area contributed by atoms with Crippen LogP contribution in [0.1, 0.15) is 36.5 Å². The normalized spacial score (nSPS) is 16.3. The molecule has 34 heavy (non-hydrogen) atoms. The second-order valence-electron chi connectivity index (χ2n) is 8.70. The Morgan fingerprint density at radius 2 is 2.03 bits per heavy atom. The van der Waals surface area contributed by atoms with Crippen LogP contribution < -0.4 is 5.32 Å². The van der Waals surface area contributed by atoms with Crippen LogP contribution in [0.2, 0.25) is 0 Å². The summed E-state index contributed by atoms with van der Waals surface area (Å²) in [4.78, 5) is 16.5. The van der Waals surface area contributed by atoms with Gasteiger partial charge in [-0.3, -0.25) is 4.98 Å². The van der Waals surface area contributed by atoms with Crippen LogP contribution in [0, 0.1) is 12.8 Å². The number of aryl methyl sites for hydroxylation is 3. The Kier molecular flexibility index (Phi) is 5.96. The number of thiophene rings is 1. The molecular weight excluding hydrogens is 468 g/mol. The number of hydrogen-bond donors (Lipinski definition) is 1. The van der Waals surface area contributed by atoms with Crippen LogP contribution in [-0.2, 0) is 17.6 Å². The minimum Gasteiger partial charge on any atom is -0.421 e. The maximum absolute atomic E-state index is 6.02. The molecule has 0 spiro atoms. The van der Waals surface area contributed by atoms with Crippen molar-refractivity contribution in [1.29, 1.82) is 0 Å². The largest absolute Gasteiger partial charge is 0.421 e. The molecule has 0 aromatic carbocycles. The van der Waals surface area contributed by atoms with Gasteiger partial charge < -0.3 is 14.5 Å². The number of ether oxygens (including phenoxy) is 1. The Bertz CT molecular complexity index is 1340. The summed E-state index contributed by atoms with van der Waals surface area (Å²) in [5.41, 5.74) is 5.31. The van der Waals surface area contributed by atoms with Crippen molar-refractivity contribution in [1.82, 2.24) is 25.1 Å². The molecule has 1 N–H and O–H groups in total. The molecule has 2 aliphatic heterocycles. The molecule has 0 atom stereocenters. The number of nitrogens with zero attached hydrogens (tertiary/aromatic N) is 5. The molecule has 10 heteroatoms. The van der Waals surface area contributed by atoms with Gasteiger partial charge in [-0.1, -0.05) is 0 Å². The first-order chi connectivity index (χ1) is 16.7. The van der Waals surface area contributed by atoms with Gasteiger partial charge in [0.2, 0.25) is 11.8 Å². The molecular formula is C24H26N6O2S2. The second kappa shape index (κ2) is 9.24. The first-order valence-electron chi connectivity index (χ1n) is 11.7. The van der Waals surface area contributed by atoms with Crippen molar-refractivity contribution >= 4 is 39.1 Å². The van der Waals surface area contributed by atoms with Crippen LogP contribution in [0.3, 0.4) is 0 Å². The molecule has 0 saturated carbocycles. The topological polar surface area (TPSA) is 98.9 Å². The third-order valence-corrected chi connectivity index (χ3v) is 8.83. The van der Waals surface area contributed by atoms with Crippen LogP contribution in [0.25, 0.3) is 32.1 Å². The summed E-state index contributed by atoms with van der Waals surface area (Å²) < 4.78 is 12.6. The van der Waals surface area contributed by atoms with Gasteiger partial charge in [0.05, 0.1) is 27.2 Å². The Labute approximate surface area is 206 Å². The molecule has 6 heterocycles. The number of pyridine rings is 1. The Morgan fingerprint density at radius 1 is 1.15 bits per heavy atom. The molecule has 0 amide bonds. The number of rotatable bonds is 6. The van der Waals surface area contributed by atoms with E-state index in [1.165, 1.54) is 10.6 Å². The van der Waals surface area contributed by atoms with E-state index in [1.54, 1.807) is 17.7 Å². The van der Waals surface area contributed by atoms with Crippen molar-refractivity contribution in [3.05, 3.63) is 29.7 Å². The molecule has 1 saturated heterocycles. The molecule has 176 valence electrons. The lowest BCUT2D eigenvalue weighted by atomic mass is 9.91. The highest BCUT2D eigenvalue weighted by Crippen LogP contribution is 2.49. The van der Waals surface area contributed by atoms with Gasteiger partial charge in [-0.2, -0.15) is 0 Å². The molecule has 0 bridgehead atoms. The van der Waals surface area contributed by atoms with Gasteiger partial charge in [-0.15, -0.1) is 33.3 Å². The summed E-state index contributed by atoms with van der Waals surface area (Å²) in [6.45, 7) is 3.55. The minimum absolute atomic E-state index is 0.551. The van der Waals surface area contributed by atoms with Crippen LogP contribution in [0.4, 0.5) is 5.82 Å². The summed E-state index contributed by atoms with van der Waals surface area (Å²) in [6, 6.07) is 2.16. The van der Waals surface area contributed by atoms with Crippen molar-refractivity contribution in [3.63, 3.8) is 0 Å². The molecule has 0 unspecified atom stereocenters. The summed E-state index contributed by atoms with van der Waals surface area (Å²) in [5.74, 6) is 3.65. The molecule has 8 nitrogen and oxygen atoms in total. The zero-order valence-electron chi connectivity index (χ0n) is 19.3. The molecule has 4 aromatic heterocycles. The Hall–Kier alpha value is -2.56. The van der Waals surface area contributed by atoms with E-state index in [2.05, 4.69) is 31.5 Å². The highest BCUT2D eigenvalue weighted by atomic mass is 32.2. The van der Waals surface area contributed by atoms with Crippen molar-refractivity contribution in [2.24, 2.45) is 5.92 Å². The summed E-state index contributed by atoms with van der Waals surface area (Å²) >= 11 is 3.57. The lowest BCUT2D eigenvalue weighted by Gasteiger charge is -2.22. The average molecular weight is 495 g/mol. The quantitative estimate of drug-likeness (QED) is 0.389. The fourth-order valence-electron chi connectivity index (χ4n) is 4.82. The number of hydrogen-bond acceptors (Lipinski definition) is 10. The fourth-order valence-corrected chi connectivity index (χ4v) is 7.22. The maximum atomic E-state index is 6.02. The lowest BCUT2D eigenvalue weighted by molar-refractivity contribution is 0.0639. The average Bonchev–Trinajstić information content (AvgIpc) is 3.61. The van der Waals surface area contributed by atoms with Crippen molar-refractivity contribution < 1.29 is 9.15 Å². The van der Waals surface area contributed by atoms with Gasteiger partial charge in [-0.05, 0) is 37.7 Å². The van der Waals surface area contributed by atoms with E-state index in [-0.39, 0.29) is 0 Å². The van der Waals surface area contributed by atoms with E-state index in [9.17, 15) is 0 Å². The van der Waals surface area contributed by atoms with Gasteiger partial charge in [0.15, 0.2) is 0 Å². The van der Waals surface area contributed by atoms with E-state index in [0.717, 1.165) is 88.8 Å². The molecule has 1 fully saturated rings. The van der Waals surface area contributed by atoms with E-state index in [1.807, 2.05) is 25.7 Å². The molecule has 0 aliphatic carbocycles. The molecule has 6 rings (SSSR count). The van der Waals surface area contributed by atoms with Gasteiger partial charge in [0.1, 0.15) is 12.1 Å². The fraction of sp³-hybridized carbons (Fsp3) is 0.458. The monoisotopic (exact) mass is 494 g/mol. The molecule has 0 radical (unpaired) electrons. The first-order valence-corrected chi connectivity index (χ1v) is 13.5. The number of nitrogens with one attached hydrogen (secondary N) is 1. The van der Waals surface area contributed by atoms with Gasteiger partial charge in [-0.25, -0.2) is 9.97 Å². The highest BCUT2D eigenvalue weighted by molar-refractivity contribution is 7.99. The third-order valence-electron chi connectivity index (χ3n) is 6.55. The Balaban J connectivity index is 1.53. The van der Waals surface area contributed by atoms with Gasteiger partial charge >= 0.3 is 0 Å². The standard InChI is InChI=1S/C24H26N6O2S2/c1-13-29-30-24(32-13)19-15(4-3-14-5-8-31-9-6-14)28-16-7-10-33-21(16)20(19)18-11-17-22(34-18)23(25-2)27-12-26-17/h11-12,14H,3-10H2,1-2H3,(H,25,26,27). The predicted molar refractivity (Wildman–Crippen MR) is 135 cm³/mol. The maximum Gasteiger partial charge on any atom is 0.250 e. The summed E-state index contributed by atoms with van der Waals surface area (Å²) in [7, 11) is 1.89. The van der Waals surface area contributed by atoms with E-state index in [4.69, 9.17) is 14.1 Å². The van der Waals surface area contributed by atoms with E-state index < -0.39 is 0 Å². The summed E-state index contributed by atoms with van der Waals surface area (Å²) in [5, 5.41) is 11.8. The van der Waals surface area contributed by atoms with Crippen molar-refractivity contribution in [2.75, 3.05) is 31.3 Å². The number of anilines is 1. The number of thioether (sulfide) groups is 1. The zero-order chi connectivity index (χ0) is 23.1.